The van der Waals surface area contributed by atoms with E-state index in [-0.39, 0.29) is 12.5 Å². The average Bonchev–Trinajstić information content (AvgIpc) is 3.10. The first-order valence-corrected chi connectivity index (χ1v) is 8.66. The second-order valence-corrected chi connectivity index (χ2v) is 6.09. The molecule has 5 nitrogen and oxygen atoms in total. The van der Waals surface area contributed by atoms with Crippen LogP contribution in [-0.4, -0.2) is 22.4 Å². The topological polar surface area (TPSA) is 65.2 Å². The summed E-state index contributed by atoms with van der Waals surface area (Å²) in [5.41, 5.74) is 1.14. The summed E-state index contributed by atoms with van der Waals surface area (Å²) < 4.78 is 10.3. The summed E-state index contributed by atoms with van der Waals surface area (Å²) in [4.78, 5) is 17.3. The van der Waals surface area contributed by atoms with Crippen molar-refractivity contribution in [2.24, 2.45) is 0 Å². The zero-order valence-corrected chi connectivity index (χ0v) is 14.3. The van der Waals surface area contributed by atoms with Crippen molar-refractivity contribution in [3.63, 3.8) is 0 Å². The van der Waals surface area contributed by atoms with Gasteiger partial charge in [-0.05, 0) is 24.5 Å². The fourth-order valence-electron chi connectivity index (χ4n) is 2.01. The molecule has 3 rings (SSSR count). The lowest BCUT2D eigenvalue weighted by Crippen LogP contribution is -2.06. The molecule has 1 heterocycles. The first-order valence-electron chi connectivity index (χ1n) is 7.06. The van der Waals surface area contributed by atoms with Crippen LogP contribution in [0.5, 0.6) is 0 Å². The number of benzene rings is 2. The van der Waals surface area contributed by atoms with Gasteiger partial charge in [0.1, 0.15) is 0 Å². The molecule has 0 aliphatic rings. The maximum Gasteiger partial charge on any atom is 0.340 e. The molecule has 0 atom stereocenters. The van der Waals surface area contributed by atoms with Gasteiger partial charge < -0.3 is 9.26 Å². The van der Waals surface area contributed by atoms with Crippen molar-refractivity contribution in [2.45, 2.75) is 11.5 Å². The summed E-state index contributed by atoms with van der Waals surface area (Å²) >= 11 is 7.57. The average molecular weight is 361 g/mol. The molecule has 0 N–H and O–H groups in total. The minimum Gasteiger partial charge on any atom is -0.452 e. The van der Waals surface area contributed by atoms with Gasteiger partial charge in [-0.1, -0.05) is 47.1 Å². The van der Waals surface area contributed by atoms with Gasteiger partial charge >= 0.3 is 5.97 Å². The molecule has 122 valence electrons. The van der Waals surface area contributed by atoms with Crippen molar-refractivity contribution in [3.05, 3.63) is 65.0 Å². The molecular formula is C17H13ClN2O3S. The number of thioether (sulfide) groups is 1. The minimum atomic E-state index is -0.532. The number of hydrogen-bond donors (Lipinski definition) is 0. The Kier molecular flexibility index (Phi) is 5.17. The standard InChI is InChI=1S/C17H13ClN2O3S/c1-24-12-7-8-14(18)13(9-12)17(21)22-10-15-19-16(20-23-15)11-5-3-2-4-6-11/h2-9H,10H2,1H3. The second kappa shape index (κ2) is 7.51. The van der Waals surface area contributed by atoms with Crippen LogP contribution in [0.25, 0.3) is 11.4 Å². The fourth-order valence-corrected chi connectivity index (χ4v) is 2.65. The lowest BCUT2D eigenvalue weighted by Gasteiger charge is -2.05. The number of carbonyl (C=O) groups excluding carboxylic acids is 1. The van der Waals surface area contributed by atoms with Gasteiger partial charge in [0.2, 0.25) is 5.82 Å². The van der Waals surface area contributed by atoms with Crippen LogP contribution in [0.1, 0.15) is 16.2 Å². The van der Waals surface area contributed by atoms with Crippen LogP contribution in [0.3, 0.4) is 0 Å². The molecule has 0 aliphatic carbocycles. The maximum absolute atomic E-state index is 12.2. The van der Waals surface area contributed by atoms with Crippen molar-refractivity contribution in [1.29, 1.82) is 0 Å². The largest absolute Gasteiger partial charge is 0.452 e. The van der Waals surface area contributed by atoms with Crippen LogP contribution in [0.2, 0.25) is 5.02 Å². The number of halogens is 1. The zero-order valence-electron chi connectivity index (χ0n) is 12.7. The monoisotopic (exact) mass is 360 g/mol. The highest BCUT2D eigenvalue weighted by Gasteiger charge is 2.15. The van der Waals surface area contributed by atoms with Gasteiger partial charge in [-0.15, -0.1) is 11.8 Å². The van der Waals surface area contributed by atoms with E-state index in [0.717, 1.165) is 10.5 Å². The summed E-state index contributed by atoms with van der Waals surface area (Å²) in [5.74, 6) is 0.138. The SMILES string of the molecule is CSc1ccc(Cl)c(C(=O)OCc2nc(-c3ccccc3)no2)c1. The van der Waals surface area contributed by atoms with Gasteiger partial charge in [-0.25, -0.2) is 4.79 Å². The molecule has 1 aromatic heterocycles. The van der Waals surface area contributed by atoms with Crippen molar-refractivity contribution in [2.75, 3.05) is 6.26 Å². The molecule has 2 aromatic carbocycles. The van der Waals surface area contributed by atoms with Crippen LogP contribution in [0.4, 0.5) is 0 Å². The number of aromatic nitrogens is 2. The molecule has 24 heavy (non-hydrogen) atoms. The van der Waals surface area contributed by atoms with Gasteiger partial charge in [-0.3, -0.25) is 0 Å². The Morgan fingerprint density at radius 3 is 2.79 bits per heavy atom. The second-order valence-electron chi connectivity index (χ2n) is 4.80. The highest BCUT2D eigenvalue weighted by molar-refractivity contribution is 7.98. The number of nitrogens with zero attached hydrogens (tertiary/aromatic N) is 2. The lowest BCUT2D eigenvalue weighted by molar-refractivity contribution is 0.0429. The van der Waals surface area contributed by atoms with Crippen LogP contribution in [0.15, 0.2) is 57.9 Å². The lowest BCUT2D eigenvalue weighted by atomic mass is 10.2. The minimum absolute atomic E-state index is 0.113. The van der Waals surface area contributed by atoms with Crippen molar-refractivity contribution in [3.8, 4) is 11.4 Å². The highest BCUT2D eigenvalue weighted by Crippen LogP contribution is 2.24. The number of rotatable bonds is 5. The molecule has 0 saturated carbocycles. The van der Waals surface area contributed by atoms with E-state index in [1.54, 1.807) is 12.1 Å². The summed E-state index contributed by atoms with van der Waals surface area (Å²) in [5, 5.41) is 4.22. The molecule has 0 radical (unpaired) electrons. The molecule has 0 aliphatic heterocycles. The van der Waals surface area contributed by atoms with E-state index >= 15 is 0 Å². The van der Waals surface area contributed by atoms with E-state index in [1.165, 1.54) is 11.8 Å². The third kappa shape index (κ3) is 3.77. The number of carbonyl (C=O) groups is 1. The molecule has 0 spiro atoms. The van der Waals surface area contributed by atoms with Gasteiger partial charge in [0, 0.05) is 10.5 Å². The van der Waals surface area contributed by atoms with E-state index in [9.17, 15) is 4.79 Å². The molecule has 7 heteroatoms. The van der Waals surface area contributed by atoms with E-state index in [1.807, 2.05) is 42.7 Å². The smallest absolute Gasteiger partial charge is 0.340 e. The van der Waals surface area contributed by atoms with Gasteiger partial charge in [0.05, 0.1) is 10.6 Å². The van der Waals surface area contributed by atoms with E-state index in [0.29, 0.717) is 16.4 Å². The Morgan fingerprint density at radius 2 is 2.04 bits per heavy atom. The number of ether oxygens (including phenoxy) is 1. The summed E-state index contributed by atoms with van der Waals surface area (Å²) in [6.07, 6.45) is 1.92. The Hall–Kier alpha value is -2.31. The summed E-state index contributed by atoms with van der Waals surface area (Å²) in [7, 11) is 0. The predicted molar refractivity (Wildman–Crippen MR) is 92.1 cm³/mol. The molecule has 0 amide bonds. The van der Waals surface area contributed by atoms with Crippen LogP contribution >= 0.6 is 23.4 Å². The third-order valence-electron chi connectivity index (χ3n) is 3.22. The normalized spacial score (nSPS) is 10.6. The Morgan fingerprint density at radius 1 is 1.25 bits per heavy atom. The first-order chi connectivity index (χ1) is 11.7. The Bertz CT molecular complexity index is 852. The predicted octanol–water partition coefficient (Wildman–Crippen LogP) is 4.47. The molecular weight excluding hydrogens is 348 g/mol. The molecule has 0 unspecified atom stereocenters. The van der Waals surface area contributed by atoms with Crippen LogP contribution < -0.4 is 0 Å². The Balaban J connectivity index is 1.68. The third-order valence-corrected chi connectivity index (χ3v) is 4.28. The van der Waals surface area contributed by atoms with Crippen molar-refractivity contribution < 1.29 is 14.1 Å². The first kappa shape index (κ1) is 16.5. The zero-order chi connectivity index (χ0) is 16.9. The molecule has 0 saturated heterocycles. The summed E-state index contributed by atoms with van der Waals surface area (Å²) in [6, 6.07) is 14.6. The summed E-state index contributed by atoms with van der Waals surface area (Å²) in [6.45, 7) is -0.113. The van der Waals surface area contributed by atoms with E-state index < -0.39 is 5.97 Å². The molecule has 3 aromatic rings. The van der Waals surface area contributed by atoms with Crippen molar-refractivity contribution >= 4 is 29.3 Å². The Labute approximate surface area is 148 Å². The quantitative estimate of drug-likeness (QED) is 0.494. The van der Waals surface area contributed by atoms with Crippen molar-refractivity contribution in [1.82, 2.24) is 10.1 Å². The highest BCUT2D eigenvalue weighted by atomic mass is 35.5. The van der Waals surface area contributed by atoms with Gasteiger partial charge in [-0.2, -0.15) is 4.98 Å². The molecule has 0 fully saturated rings. The maximum atomic E-state index is 12.2. The number of hydrogen-bond acceptors (Lipinski definition) is 6. The number of esters is 1. The van der Waals surface area contributed by atoms with Crippen LogP contribution in [-0.2, 0) is 11.3 Å². The van der Waals surface area contributed by atoms with Gasteiger partial charge in [0.15, 0.2) is 6.61 Å². The van der Waals surface area contributed by atoms with Gasteiger partial charge in [0.25, 0.3) is 5.89 Å². The molecule has 0 bridgehead atoms. The van der Waals surface area contributed by atoms with E-state index in [4.69, 9.17) is 20.9 Å². The fraction of sp³-hybridized carbons (Fsp3) is 0.118. The van der Waals surface area contributed by atoms with Crippen LogP contribution in [0, 0.1) is 0 Å². The van der Waals surface area contributed by atoms with E-state index in [2.05, 4.69) is 10.1 Å².